The number of anilines is 2. The molecule has 2 N–H and O–H groups in total. The highest BCUT2D eigenvalue weighted by atomic mass is 32.1. The first-order valence-corrected chi connectivity index (χ1v) is 11.4. The molecule has 2 heterocycles. The summed E-state index contributed by atoms with van der Waals surface area (Å²) in [7, 11) is 0. The SMILES string of the molecule is CC(=O)Nc1ccc(NC(=O)[C@@H](C)OC(=O)c2ccc(-c3nc4ccccc4s3)s2)cc1. The predicted molar refractivity (Wildman–Crippen MR) is 127 cm³/mol. The van der Waals surface area contributed by atoms with Gasteiger partial charge in [-0.15, -0.1) is 22.7 Å². The number of fused-ring (bicyclic) bond motifs is 1. The molecule has 4 aromatic rings. The van der Waals surface area contributed by atoms with Crippen LogP contribution in [0.1, 0.15) is 23.5 Å². The van der Waals surface area contributed by atoms with Gasteiger partial charge in [0.05, 0.1) is 15.1 Å². The lowest BCUT2D eigenvalue weighted by atomic mass is 10.2. The van der Waals surface area contributed by atoms with Crippen molar-refractivity contribution in [2.24, 2.45) is 0 Å². The molecule has 32 heavy (non-hydrogen) atoms. The van der Waals surface area contributed by atoms with Crippen molar-refractivity contribution in [3.8, 4) is 9.88 Å². The molecule has 4 rings (SSSR count). The van der Waals surface area contributed by atoms with E-state index in [1.807, 2.05) is 30.3 Å². The van der Waals surface area contributed by atoms with Crippen LogP contribution in [0, 0.1) is 0 Å². The number of benzene rings is 2. The zero-order valence-electron chi connectivity index (χ0n) is 17.2. The average Bonchev–Trinajstić information content (AvgIpc) is 3.42. The molecule has 2 aromatic heterocycles. The average molecular weight is 466 g/mol. The minimum Gasteiger partial charge on any atom is -0.448 e. The Morgan fingerprint density at radius 1 is 0.906 bits per heavy atom. The Kier molecular flexibility index (Phi) is 6.29. The van der Waals surface area contributed by atoms with Crippen molar-refractivity contribution in [2.45, 2.75) is 20.0 Å². The topological polar surface area (TPSA) is 97.4 Å². The molecule has 0 saturated heterocycles. The number of rotatable bonds is 6. The van der Waals surface area contributed by atoms with E-state index in [1.165, 1.54) is 25.2 Å². The molecule has 0 fully saturated rings. The summed E-state index contributed by atoms with van der Waals surface area (Å²) in [6, 6.07) is 18.0. The number of hydrogen-bond donors (Lipinski definition) is 2. The van der Waals surface area contributed by atoms with Crippen LogP contribution in [0.5, 0.6) is 0 Å². The first-order valence-electron chi connectivity index (χ1n) is 9.74. The van der Waals surface area contributed by atoms with Crippen LogP contribution in [-0.4, -0.2) is 28.9 Å². The number of aromatic nitrogens is 1. The fourth-order valence-electron chi connectivity index (χ4n) is 2.90. The summed E-state index contributed by atoms with van der Waals surface area (Å²) in [6.45, 7) is 2.93. The molecule has 2 aromatic carbocycles. The van der Waals surface area contributed by atoms with Gasteiger partial charge in [0.2, 0.25) is 5.91 Å². The van der Waals surface area contributed by atoms with E-state index in [-0.39, 0.29) is 5.91 Å². The van der Waals surface area contributed by atoms with Crippen molar-refractivity contribution in [1.29, 1.82) is 0 Å². The number of para-hydroxylation sites is 1. The fraction of sp³-hybridized carbons (Fsp3) is 0.130. The summed E-state index contributed by atoms with van der Waals surface area (Å²) in [4.78, 5) is 41.9. The van der Waals surface area contributed by atoms with Gasteiger partial charge in [0.15, 0.2) is 6.10 Å². The number of carbonyl (C=O) groups is 3. The van der Waals surface area contributed by atoms with Crippen molar-refractivity contribution in [1.82, 2.24) is 4.98 Å². The summed E-state index contributed by atoms with van der Waals surface area (Å²) < 4.78 is 6.42. The van der Waals surface area contributed by atoms with E-state index in [2.05, 4.69) is 15.6 Å². The van der Waals surface area contributed by atoms with Crippen LogP contribution in [0.3, 0.4) is 0 Å². The smallest absolute Gasteiger partial charge is 0.349 e. The molecule has 0 aliphatic rings. The first kappa shape index (κ1) is 21.7. The van der Waals surface area contributed by atoms with Crippen molar-refractivity contribution in [2.75, 3.05) is 10.6 Å². The predicted octanol–water partition coefficient (Wildman–Crippen LogP) is 5.17. The normalized spacial score (nSPS) is 11.7. The molecule has 0 aliphatic heterocycles. The molecular weight excluding hydrogens is 446 g/mol. The number of carbonyl (C=O) groups excluding carboxylic acids is 3. The van der Waals surface area contributed by atoms with Gasteiger partial charge in [0.25, 0.3) is 5.91 Å². The van der Waals surface area contributed by atoms with Crippen molar-refractivity contribution in [3.63, 3.8) is 0 Å². The third-order valence-electron chi connectivity index (χ3n) is 4.44. The Morgan fingerprint density at radius 2 is 1.59 bits per heavy atom. The largest absolute Gasteiger partial charge is 0.448 e. The minimum absolute atomic E-state index is 0.179. The number of ether oxygens (including phenoxy) is 1. The maximum atomic E-state index is 12.5. The van der Waals surface area contributed by atoms with Crippen LogP contribution in [0.15, 0.2) is 60.7 Å². The van der Waals surface area contributed by atoms with E-state index in [9.17, 15) is 14.4 Å². The number of amides is 2. The molecule has 0 bridgehead atoms. The van der Waals surface area contributed by atoms with Crippen LogP contribution in [0.4, 0.5) is 11.4 Å². The van der Waals surface area contributed by atoms with E-state index in [4.69, 9.17) is 4.74 Å². The first-order chi connectivity index (χ1) is 15.4. The number of nitrogens with one attached hydrogen (secondary N) is 2. The van der Waals surface area contributed by atoms with Gasteiger partial charge in [0.1, 0.15) is 9.88 Å². The highest BCUT2D eigenvalue weighted by molar-refractivity contribution is 7.26. The van der Waals surface area contributed by atoms with Gasteiger partial charge in [-0.2, -0.15) is 0 Å². The third kappa shape index (κ3) is 5.01. The molecule has 0 radical (unpaired) electrons. The van der Waals surface area contributed by atoms with Gasteiger partial charge >= 0.3 is 5.97 Å². The molecule has 0 unspecified atom stereocenters. The van der Waals surface area contributed by atoms with Gasteiger partial charge < -0.3 is 15.4 Å². The lowest BCUT2D eigenvalue weighted by Gasteiger charge is -2.13. The minimum atomic E-state index is -0.981. The summed E-state index contributed by atoms with van der Waals surface area (Å²) >= 11 is 2.84. The molecular formula is C23H19N3O4S2. The molecule has 0 saturated carbocycles. The van der Waals surface area contributed by atoms with Crippen LogP contribution >= 0.6 is 22.7 Å². The maximum Gasteiger partial charge on any atom is 0.349 e. The second kappa shape index (κ2) is 9.29. The number of hydrogen-bond acceptors (Lipinski definition) is 7. The molecule has 2 amide bonds. The number of thiazole rings is 1. The monoisotopic (exact) mass is 465 g/mol. The summed E-state index contributed by atoms with van der Waals surface area (Å²) in [5.74, 6) is -1.19. The van der Waals surface area contributed by atoms with Gasteiger partial charge in [0, 0.05) is 18.3 Å². The third-order valence-corrected chi connectivity index (χ3v) is 6.71. The molecule has 1 atom stereocenters. The molecule has 9 heteroatoms. The van der Waals surface area contributed by atoms with Gasteiger partial charge in [-0.1, -0.05) is 12.1 Å². The van der Waals surface area contributed by atoms with E-state index in [0.29, 0.717) is 16.3 Å². The summed E-state index contributed by atoms with van der Waals surface area (Å²) in [6.07, 6.45) is -0.981. The van der Waals surface area contributed by atoms with Crippen molar-refractivity contribution >= 4 is 62.0 Å². The number of nitrogens with zero attached hydrogens (tertiary/aromatic N) is 1. The van der Waals surface area contributed by atoms with Crippen LogP contribution in [-0.2, 0) is 14.3 Å². The Hall–Kier alpha value is -3.56. The van der Waals surface area contributed by atoms with E-state index in [0.717, 1.165) is 20.1 Å². The molecule has 0 aliphatic carbocycles. The Balaban J connectivity index is 1.37. The van der Waals surface area contributed by atoms with Crippen LogP contribution in [0.2, 0.25) is 0 Å². The highest BCUT2D eigenvalue weighted by Gasteiger charge is 2.21. The standard InChI is InChI=1S/C23H19N3O4S2/c1-13(21(28)25-16-9-7-15(8-10-16)24-14(2)27)30-23(29)20-12-11-19(31-20)22-26-17-5-3-4-6-18(17)32-22/h3-13H,1-2H3,(H,24,27)(H,25,28)/t13-/m1/s1. The van der Waals surface area contributed by atoms with Gasteiger partial charge in [-0.25, -0.2) is 9.78 Å². The molecule has 0 spiro atoms. The van der Waals surface area contributed by atoms with E-state index < -0.39 is 18.0 Å². The molecule has 7 nitrogen and oxygen atoms in total. The van der Waals surface area contributed by atoms with E-state index in [1.54, 1.807) is 41.7 Å². The zero-order chi connectivity index (χ0) is 22.7. The van der Waals surface area contributed by atoms with Crippen molar-refractivity contribution < 1.29 is 19.1 Å². The van der Waals surface area contributed by atoms with Crippen LogP contribution < -0.4 is 10.6 Å². The Labute approximate surface area is 192 Å². The second-order valence-electron chi connectivity index (χ2n) is 6.95. The van der Waals surface area contributed by atoms with Gasteiger partial charge in [-0.05, 0) is 55.5 Å². The van der Waals surface area contributed by atoms with Gasteiger partial charge in [-0.3, -0.25) is 9.59 Å². The maximum absolute atomic E-state index is 12.5. The quantitative estimate of drug-likeness (QED) is 0.383. The summed E-state index contributed by atoms with van der Waals surface area (Å²) in [5, 5.41) is 6.18. The van der Waals surface area contributed by atoms with Crippen LogP contribution in [0.25, 0.3) is 20.1 Å². The Morgan fingerprint density at radius 3 is 2.28 bits per heavy atom. The summed E-state index contributed by atoms with van der Waals surface area (Å²) in [5.41, 5.74) is 2.07. The zero-order valence-corrected chi connectivity index (χ0v) is 18.9. The fourth-order valence-corrected chi connectivity index (χ4v) is 4.81. The van der Waals surface area contributed by atoms with E-state index >= 15 is 0 Å². The Bertz CT molecular complexity index is 1260. The molecule has 162 valence electrons. The number of esters is 1. The van der Waals surface area contributed by atoms with Crippen molar-refractivity contribution in [3.05, 3.63) is 65.5 Å². The lowest BCUT2D eigenvalue weighted by molar-refractivity contribution is -0.123. The second-order valence-corrected chi connectivity index (χ2v) is 9.06. The lowest BCUT2D eigenvalue weighted by Crippen LogP contribution is -2.29. The highest BCUT2D eigenvalue weighted by Crippen LogP contribution is 2.34. The number of thiophene rings is 1.